The number of hydrogen-bond donors (Lipinski definition) is 0. The molecule has 0 unspecified atom stereocenters. The van der Waals surface area contributed by atoms with Gasteiger partial charge in [0.2, 0.25) is 9.84 Å². The van der Waals surface area contributed by atoms with E-state index in [-0.39, 0.29) is 32.5 Å². The summed E-state index contributed by atoms with van der Waals surface area (Å²) in [4.78, 5) is 39.3. The van der Waals surface area contributed by atoms with Gasteiger partial charge < -0.3 is 9.64 Å². The maximum absolute atomic E-state index is 13.0. The monoisotopic (exact) mass is 463 g/mol. The van der Waals surface area contributed by atoms with E-state index in [9.17, 15) is 22.8 Å². The molecule has 0 aliphatic carbocycles. The second-order valence-corrected chi connectivity index (χ2v) is 9.70. The third kappa shape index (κ3) is 4.05. The van der Waals surface area contributed by atoms with Gasteiger partial charge in [-0.2, -0.15) is 0 Å². The van der Waals surface area contributed by atoms with Gasteiger partial charge in [0.25, 0.3) is 5.91 Å². The fourth-order valence-corrected chi connectivity index (χ4v) is 5.49. The lowest BCUT2D eigenvalue weighted by molar-refractivity contribution is -0.122. The minimum atomic E-state index is -3.99. The first-order chi connectivity index (χ1) is 15.7. The molecule has 0 radical (unpaired) electrons. The molecule has 7 nitrogen and oxygen atoms in total. The van der Waals surface area contributed by atoms with Gasteiger partial charge >= 0.3 is 5.97 Å². The van der Waals surface area contributed by atoms with Crippen LogP contribution in [-0.2, 0) is 19.4 Å². The van der Waals surface area contributed by atoms with Crippen molar-refractivity contribution in [2.24, 2.45) is 0 Å². The van der Waals surface area contributed by atoms with Crippen LogP contribution < -0.4 is 4.90 Å². The summed E-state index contributed by atoms with van der Waals surface area (Å²) in [7, 11) is -3.99. The summed E-state index contributed by atoms with van der Waals surface area (Å²) in [5.41, 5.74) is 0.704. The number of nitrogens with zero attached hydrogens (tertiary/aromatic N) is 1. The number of rotatable bonds is 5. The lowest BCUT2D eigenvalue weighted by Crippen LogP contribution is -2.39. The van der Waals surface area contributed by atoms with Gasteiger partial charge in [0.05, 0.1) is 15.4 Å². The molecule has 1 amide bonds. The van der Waals surface area contributed by atoms with E-state index < -0.39 is 34.1 Å². The minimum Gasteiger partial charge on any atom is -0.452 e. The average Bonchev–Trinajstić information content (AvgIpc) is 2.81. The van der Waals surface area contributed by atoms with E-state index in [4.69, 9.17) is 4.74 Å². The number of benzene rings is 3. The van der Waals surface area contributed by atoms with Crippen molar-refractivity contribution in [1.29, 1.82) is 0 Å². The maximum atomic E-state index is 13.0. The number of amides is 1. The Morgan fingerprint density at radius 2 is 1.52 bits per heavy atom. The zero-order chi connectivity index (χ0) is 23.8. The number of carbonyl (C=O) groups is 3. The molecular formula is C25H21NO6S. The second kappa shape index (κ2) is 8.63. The summed E-state index contributed by atoms with van der Waals surface area (Å²) >= 11 is 0. The van der Waals surface area contributed by atoms with Crippen molar-refractivity contribution in [3.8, 4) is 0 Å². The molecule has 0 N–H and O–H groups in total. The highest BCUT2D eigenvalue weighted by molar-refractivity contribution is 7.91. The van der Waals surface area contributed by atoms with Crippen molar-refractivity contribution in [3.63, 3.8) is 0 Å². The first-order valence-electron chi connectivity index (χ1n) is 10.3. The van der Waals surface area contributed by atoms with E-state index in [1.165, 1.54) is 35.2 Å². The molecule has 8 heteroatoms. The number of carbonyl (C=O) groups excluding carboxylic acids is 3. The summed E-state index contributed by atoms with van der Waals surface area (Å²) in [6.07, 6.45) is 0. The first-order valence-corrected chi connectivity index (χ1v) is 11.8. The Morgan fingerprint density at radius 1 is 0.879 bits per heavy atom. The largest absolute Gasteiger partial charge is 0.452 e. The number of ketones is 1. The van der Waals surface area contributed by atoms with Crippen molar-refractivity contribution in [1.82, 2.24) is 0 Å². The predicted molar refractivity (Wildman–Crippen MR) is 121 cm³/mol. The second-order valence-electron chi connectivity index (χ2n) is 7.81. The molecule has 0 fully saturated rings. The maximum Gasteiger partial charge on any atom is 0.338 e. The number of sulfone groups is 1. The summed E-state index contributed by atoms with van der Waals surface area (Å²) in [5.74, 6) is -1.70. The van der Waals surface area contributed by atoms with Crippen LogP contribution in [0.2, 0.25) is 0 Å². The first kappa shape index (κ1) is 22.4. The van der Waals surface area contributed by atoms with Crippen LogP contribution in [0.1, 0.15) is 40.1 Å². The van der Waals surface area contributed by atoms with Crippen LogP contribution in [0.3, 0.4) is 0 Å². The highest BCUT2D eigenvalue weighted by Gasteiger charge is 2.35. The smallest absolute Gasteiger partial charge is 0.338 e. The molecule has 1 aliphatic rings. The van der Waals surface area contributed by atoms with Crippen LogP contribution >= 0.6 is 0 Å². The number of fused-ring (bicyclic) bond motifs is 2. The molecule has 1 heterocycles. The molecule has 3 aromatic carbocycles. The van der Waals surface area contributed by atoms with Crippen molar-refractivity contribution in [2.45, 2.75) is 29.7 Å². The van der Waals surface area contributed by atoms with Gasteiger partial charge in [0.15, 0.2) is 12.4 Å². The lowest BCUT2D eigenvalue weighted by Gasteiger charge is -2.26. The van der Waals surface area contributed by atoms with Crippen molar-refractivity contribution in [2.75, 3.05) is 11.5 Å². The Morgan fingerprint density at radius 3 is 2.21 bits per heavy atom. The molecule has 0 spiro atoms. The predicted octanol–water partition coefficient (Wildman–Crippen LogP) is 3.66. The zero-order valence-corrected chi connectivity index (χ0v) is 18.8. The van der Waals surface area contributed by atoms with Gasteiger partial charge in [-0.1, -0.05) is 30.3 Å². The third-order valence-electron chi connectivity index (χ3n) is 5.32. The summed E-state index contributed by atoms with van der Waals surface area (Å²) < 4.78 is 31.3. The number of esters is 1. The average molecular weight is 464 g/mol. The van der Waals surface area contributed by atoms with Crippen LogP contribution in [0.25, 0.3) is 0 Å². The molecule has 1 aliphatic heterocycles. The number of hydrogen-bond acceptors (Lipinski definition) is 6. The summed E-state index contributed by atoms with van der Waals surface area (Å²) in [6, 6.07) is 18.5. The molecule has 0 saturated heterocycles. The highest BCUT2D eigenvalue weighted by Crippen LogP contribution is 2.34. The van der Waals surface area contributed by atoms with Crippen molar-refractivity contribution < 1.29 is 27.5 Å². The quantitative estimate of drug-likeness (QED) is 0.419. The summed E-state index contributed by atoms with van der Waals surface area (Å²) in [5, 5.41) is 0. The normalized spacial score (nSPS) is 13.7. The van der Waals surface area contributed by atoms with E-state index in [0.717, 1.165) is 6.07 Å². The van der Waals surface area contributed by atoms with E-state index in [0.29, 0.717) is 5.69 Å². The van der Waals surface area contributed by atoms with Crippen LogP contribution in [0.15, 0.2) is 82.6 Å². The molecule has 3 aromatic rings. The van der Waals surface area contributed by atoms with Gasteiger partial charge in [-0.05, 0) is 56.3 Å². The number of ether oxygens (including phenoxy) is 1. The fourth-order valence-electron chi connectivity index (χ4n) is 3.81. The Balaban J connectivity index is 1.56. The van der Waals surface area contributed by atoms with E-state index in [1.807, 2.05) is 19.9 Å². The van der Waals surface area contributed by atoms with Crippen molar-refractivity contribution >= 4 is 33.2 Å². The summed E-state index contributed by atoms with van der Waals surface area (Å²) in [6.45, 7) is 3.17. The Bertz CT molecular complexity index is 1360. The van der Waals surface area contributed by atoms with Gasteiger partial charge in [-0.25, -0.2) is 13.2 Å². The van der Waals surface area contributed by atoms with Crippen LogP contribution in [-0.4, -0.2) is 38.7 Å². The molecule has 168 valence electrons. The van der Waals surface area contributed by atoms with E-state index in [1.54, 1.807) is 30.3 Å². The molecule has 0 aromatic heterocycles. The molecular weight excluding hydrogens is 442 g/mol. The Labute approximate surface area is 191 Å². The number of anilines is 1. The molecule has 33 heavy (non-hydrogen) atoms. The Kier molecular flexibility index (Phi) is 5.86. The van der Waals surface area contributed by atoms with Gasteiger partial charge in [0.1, 0.15) is 0 Å². The van der Waals surface area contributed by atoms with Crippen LogP contribution in [0.4, 0.5) is 5.69 Å². The van der Waals surface area contributed by atoms with Crippen LogP contribution in [0.5, 0.6) is 0 Å². The SMILES string of the molecule is CC(C)N(C(=O)COC(=O)c1ccc2c(c1)S(=O)(=O)c1ccccc1C2=O)c1ccccc1. The van der Waals surface area contributed by atoms with Crippen LogP contribution in [0, 0.1) is 0 Å². The topological polar surface area (TPSA) is 97.8 Å². The molecule has 4 rings (SSSR count). The number of para-hydroxylation sites is 1. The Hall–Kier alpha value is -3.78. The van der Waals surface area contributed by atoms with Gasteiger partial charge in [-0.15, -0.1) is 0 Å². The molecule has 0 bridgehead atoms. The minimum absolute atomic E-state index is 0.00335. The standard InChI is InChI=1S/C25H21NO6S/c1-16(2)26(18-8-4-3-5-9-18)23(27)15-32-25(29)17-12-13-20-22(14-17)33(30,31)21-11-7-6-10-19(21)24(20)28/h3-14,16H,15H2,1-2H3. The van der Waals surface area contributed by atoms with Gasteiger partial charge in [0, 0.05) is 22.9 Å². The van der Waals surface area contributed by atoms with E-state index in [2.05, 4.69) is 0 Å². The zero-order valence-electron chi connectivity index (χ0n) is 18.0. The lowest BCUT2D eigenvalue weighted by atomic mass is 10.0. The highest BCUT2D eigenvalue weighted by atomic mass is 32.2. The molecule has 0 saturated carbocycles. The van der Waals surface area contributed by atoms with E-state index >= 15 is 0 Å². The van der Waals surface area contributed by atoms with Crippen molar-refractivity contribution in [3.05, 3.63) is 89.5 Å². The van der Waals surface area contributed by atoms with Gasteiger partial charge in [-0.3, -0.25) is 9.59 Å². The fraction of sp³-hybridized carbons (Fsp3) is 0.160. The molecule has 0 atom stereocenters. The third-order valence-corrected chi connectivity index (χ3v) is 7.17.